The number of rotatable bonds is 5. The molecule has 0 aliphatic heterocycles. The van der Waals surface area contributed by atoms with Crippen LogP contribution in [-0.2, 0) is 0 Å². The Kier molecular flexibility index (Phi) is 3.48. The van der Waals surface area contributed by atoms with Gasteiger partial charge in [-0.1, -0.05) is 18.2 Å². The van der Waals surface area contributed by atoms with Gasteiger partial charge in [0.25, 0.3) is 0 Å². The molecule has 1 saturated carbocycles. The monoisotopic (exact) mass is 346 g/mol. The SMILES string of the molecule is C[C@H](Nc1ccc2oc(C3CC3)nc2c1)c1nnc(-c2ccccc2)o1. The van der Waals surface area contributed by atoms with Crippen molar-refractivity contribution in [3.8, 4) is 11.5 Å². The lowest BCUT2D eigenvalue weighted by atomic mass is 10.2. The number of hydrogen-bond donors (Lipinski definition) is 1. The number of nitrogens with one attached hydrogen (secondary N) is 1. The molecule has 0 bridgehead atoms. The van der Waals surface area contributed by atoms with Crippen LogP contribution in [0.3, 0.4) is 0 Å². The van der Waals surface area contributed by atoms with E-state index in [2.05, 4.69) is 20.5 Å². The van der Waals surface area contributed by atoms with Crippen LogP contribution in [0.5, 0.6) is 0 Å². The Morgan fingerprint density at radius 1 is 1.04 bits per heavy atom. The summed E-state index contributed by atoms with van der Waals surface area (Å²) in [6, 6.07) is 15.6. The van der Waals surface area contributed by atoms with Crippen LogP contribution in [0.4, 0.5) is 5.69 Å². The second kappa shape index (κ2) is 5.98. The van der Waals surface area contributed by atoms with E-state index in [1.54, 1.807) is 0 Å². The molecule has 6 heteroatoms. The molecule has 1 N–H and O–H groups in total. The highest BCUT2D eigenvalue weighted by Gasteiger charge is 2.29. The van der Waals surface area contributed by atoms with Crippen molar-refractivity contribution < 1.29 is 8.83 Å². The summed E-state index contributed by atoms with van der Waals surface area (Å²) >= 11 is 0. The van der Waals surface area contributed by atoms with E-state index in [1.807, 2.05) is 55.5 Å². The second-order valence-corrected chi connectivity index (χ2v) is 6.69. The van der Waals surface area contributed by atoms with E-state index in [0.29, 0.717) is 17.7 Å². The predicted octanol–water partition coefficient (Wildman–Crippen LogP) is 4.93. The van der Waals surface area contributed by atoms with Crippen molar-refractivity contribution in [1.29, 1.82) is 0 Å². The number of benzene rings is 2. The first-order valence-electron chi connectivity index (χ1n) is 8.82. The first-order chi connectivity index (χ1) is 12.8. The van der Waals surface area contributed by atoms with Gasteiger partial charge in [0.2, 0.25) is 11.8 Å². The molecule has 26 heavy (non-hydrogen) atoms. The Hall–Kier alpha value is -3.15. The maximum absolute atomic E-state index is 5.82. The summed E-state index contributed by atoms with van der Waals surface area (Å²) in [7, 11) is 0. The molecule has 1 atom stereocenters. The molecule has 2 heterocycles. The van der Waals surface area contributed by atoms with Crippen molar-refractivity contribution in [2.24, 2.45) is 0 Å². The maximum Gasteiger partial charge on any atom is 0.247 e. The third-order valence-electron chi connectivity index (χ3n) is 4.55. The first kappa shape index (κ1) is 15.1. The summed E-state index contributed by atoms with van der Waals surface area (Å²) in [5, 5.41) is 11.7. The fourth-order valence-electron chi connectivity index (χ4n) is 2.96. The van der Waals surface area contributed by atoms with Gasteiger partial charge in [0.15, 0.2) is 11.5 Å². The molecule has 4 aromatic rings. The Morgan fingerprint density at radius 2 is 1.88 bits per heavy atom. The number of hydrogen-bond acceptors (Lipinski definition) is 6. The molecule has 1 aliphatic carbocycles. The van der Waals surface area contributed by atoms with Crippen molar-refractivity contribution >= 4 is 16.8 Å². The third-order valence-corrected chi connectivity index (χ3v) is 4.55. The van der Waals surface area contributed by atoms with Gasteiger partial charge < -0.3 is 14.2 Å². The quantitative estimate of drug-likeness (QED) is 0.552. The number of anilines is 1. The van der Waals surface area contributed by atoms with Crippen LogP contribution >= 0.6 is 0 Å². The standard InChI is InChI=1S/C20H18N4O2/c1-12(18-23-24-20(26-18)13-5-3-2-4-6-13)21-15-9-10-17-16(11-15)22-19(25-17)14-7-8-14/h2-6,9-12,14,21H,7-8H2,1H3/t12-/m0/s1. The summed E-state index contributed by atoms with van der Waals surface area (Å²) in [4.78, 5) is 4.60. The molecule has 0 unspecified atom stereocenters. The van der Waals surface area contributed by atoms with Gasteiger partial charge in [0, 0.05) is 17.2 Å². The van der Waals surface area contributed by atoms with E-state index in [0.717, 1.165) is 28.2 Å². The summed E-state index contributed by atoms with van der Waals surface area (Å²) < 4.78 is 11.6. The molecule has 0 spiro atoms. The number of oxazole rings is 1. The molecule has 1 aliphatic rings. The topological polar surface area (TPSA) is 77.0 Å². The van der Waals surface area contributed by atoms with Crippen molar-refractivity contribution in [1.82, 2.24) is 15.2 Å². The zero-order chi connectivity index (χ0) is 17.5. The highest BCUT2D eigenvalue weighted by Crippen LogP contribution is 2.40. The van der Waals surface area contributed by atoms with Gasteiger partial charge in [0.05, 0.1) is 0 Å². The van der Waals surface area contributed by atoms with Crippen LogP contribution in [0.25, 0.3) is 22.6 Å². The van der Waals surface area contributed by atoms with Gasteiger partial charge in [-0.2, -0.15) is 0 Å². The van der Waals surface area contributed by atoms with Crippen LogP contribution < -0.4 is 5.32 Å². The molecule has 6 nitrogen and oxygen atoms in total. The summed E-state index contributed by atoms with van der Waals surface area (Å²) in [5.74, 6) is 2.43. The molecule has 2 aromatic heterocycles. The molecule has 2 aromatic carbocycles. The molecule has 130 valence electrons. The Bertz CT molecular complexity index is 1050. The van der Waals surface area contributed by atoms with Crippen LogP contribution in [0.15, 0.2) is 57.4 Å². The van der Waals surface area contributed by atoms with E-state index in [4.69, 9.17) is 8.83 Å². The van der Waals surface area contributed by atoms with Crippen molar-refractivity contribution in [2.75, 3.05) is 5.32 Å². The van der Waals surface area contributed by atoms with Gasteiger partial charge in [-0.3, -0.25) is 0 Å². The summed E-state index contributed by atoms with van der Waals surface area (Å²) in [6.45, 7) is 1.99. The van der Waals surface area contributed by atoms with Gasteiger partial charge in [-0.25, -0.2) is 4.98 Å². The first-order valence-corrected chi connectivity index (χ1v) is 8.82. The summed E-state index contributed by atoms with van der Waals surface area (Å²) in [5.41, 5.74) is 3.56. The minimum Gasteiger partial charge on any atom is -0.440 e. The second-order valence-electron chi connectivity index (χ2n) is 6.69. The minimum atomic E-state index is -0.118. The lowest BCUT2D eigenvalue weighted by molar-refractivity contribution is 0.485. The predicted molar refractivity (Wildman–Crippen MR) is 97.8 cm³/mol. The van der Waals surface area contributed by atoms with E-state index in [-0.39, 0.29) is 6.04 Å². The molecule has 1 fully saturated rings. The van der Waals surface area contributed by atoms with E-state index in [1.165, 1.54) is 12.8 Å². The van der Waals surface area contributed by atoms with Gasteiger partial charge in [0.1, 0.15) is 11.6 Å². The Labute approximate surface area is 150 Å². The zero-order valence-electron chi connectivity index (χ0n) is 14.3. The number of fused-ring (bicyclic) bond motifs is 1. The van der Waals surface area contributed by atoms with Crippen LogP contribution in [-0.4, -0.2) is 15.2 Å². The molecule has 0 radical (unpaired) electrons. The third kappa shape index (κ3) is 2.83. The lowest BCUT2D eigenvalue weighted by Crippen LogP contribution is -2.06. The molecule has 5 rings (SSSR count). The largest absolute Gasteiger partial charge is 0.440 e. The van der Waals surface area contributed by atoms with Crippen LogP contribution in [0, 0.1) is 0 Å². The number of aromatic nitrogens is 3. The highest BCUT2D eigenvalue weighted by molar-refractivity contribution is 5.77. The fraction of sp³-hybridized carbons (Fsp3) is 0.250. The smallest absolute Gasteiger partial charge is 0.247 e. The number of nitrogens with zero attached hydrogens (tertiary/aromatic N) is 3. The Morgan fingerprint density at radius 3 is 2.69 bits per heavy atom. The Balaban J connectivity index is 1.35. The van der Waals surface area contributed by atoms with Crippen LogP contribution in [0.1, 0.15) is 43.5 Å². The maximum atomic E-state index is 5.82. The molecular formula is C20H18N4O2. The summed E-state index contributed by atoms with van der Waals surface area (Å²) in [6.07, 6.45) is 2.35. The molecule has 0 saturated heterocycles. The minimum absolute atomic E-state index is 0.118. The van der Waals surface area contributed by atoms with E-state index in [9.17, 15) is 0 Å². The molecular weight excluding hydrogens is 328 g/mol. The van der Waals surface area contributed by atoms with Gasteiger partial charge in [-0.05, 0) is 50.1 Å². The highest BCUT2D eigenvalue weighted by atomic mass is 16.4. The van der Waals surface area contributed by atoms with Crippen molar-refractivity contribution in [3.05, 3.63) is 60.3 Å². The van der Waals surface area contributed by atoms with Gasteiger partial charge in [-0.15, -0.1) is 10.2 Å². The zero-order valence-corrected chi connectivity index (χ0v) is 14.3. The average molecular weight is 346 g/mol. The van der Waals surface area contributed by atoms with Crippen molar-refractivity contribution in [3.63, 3.8) is 0 Å². The fourth-order valence-corrected chi connectivity index (χ4v) is 2.96. The molecule has 0 amide bonds. The normalized spacial score (nSPS) is 15.3. The van der Waals surface area contributed by atoms with Gasteiger partial charge >= 0.3 is 0 Å². The van der Waals surface area contributed by atoms with E-state index >= 15 is 0 Å². The van der Waals surface area contributed by atoms with Crippen molar-refractivity contribution in [2.45, 2.75) is 31.7 Å². The van der Waals surface area contributed by atoms with E-state index < -0.39 is 0 Å². The average Bonchev–Trinajstić information content (AvgIpc) is 3.24. The van der Waals surface area contributed by atoms with Crippen LogP contribution in [0.2, 0.25) is 0 Å². The lowest BCUT2D eigenvalue weighted by Gasteiger charge is -2.10.